The lowest BCUT2D eigenvalue weighted by Crippen LogP contribution is -2.52. The lowest BCUT2D eigenvalue weighted by atomic mass is 9.94. The summed E-state index contributed by atoms with van der Waals surface area (Å²) < 4.78 is 6.17. The molecule has 8 heteroatoms. The number of carbonyl (C=O) groups excluding carboxylic acids is 4. The lowest BCUT2D eigenvalue weighted by molar-refractivity contribution is -0.136. The summed E-state index contributed by atoms with van der Waals surface area (Å²) in [5.74, 6) is 0.0192. The number of ether oxygens (including phenoxy) is 1. The Labute approximate surface area is 217 Å². The fourth-order valence-corrected chi connectivity index (χ4v) is 5.62. The molecule has 2 unspecified atom stereocenters. The van der Waals surface area contributed by atoms with Crippen LogP contribution in [0.2, 0.25) is 0 Å². The molecule has 0 aliphatic carbocycles. The monoisotopic (exact) mass is 503 g/mol. The maximum atomic E-state index is 13.5. The van der Waals surface area contributed by atoms with Crippen LogP contribution in [0.5, 0.6) is 5.75 Å². The van der Waals surface area contributed by atoms with Crippen LogP contribution in [0.4, 0.5) is 0 Å². The maximum absolute atomic E-state index is 13.5. The van der Waals surface area contributed by atoms with Gasteiger partial charge in [-0.2, -0.15) is 0 Å². The molecular formula is C29H33N3O5. The first-order chi connectivity index (χ1) is 17.8. The van der Waals surface area contributed by atoms with Gasteiger partial charge in [0.1, 0.15) is 18.4 Å². The van der Waals surface area contributed by atoms with Crippen LogP contribution < -0.4 is 10.1 Å². The van der Waals surface area contributed by atoms with Crippen LogP contribution in [0.3, 0.4) is 0 Å². The van der Waals surface area contributed by atoms with Gasteiger partial charge in [0.2, 0.25) is 11.8 Å². The second kappa shape index (κ2) is 10.4. The van der Waals surface area contributed by atoms with Crippen LogP contribution >= 0.6 is 0 Å². The number of rotatable bonds is 6. The number of benzene rings is 2. The number of nitrogens with zero attached hydrogens (tertiary/aromatic N) is 2. The minimum Gasteiger partial charge on any atom is -0.491 e. The Morgan fingerprint density at radius 1 is 1.08 bits per heavy atom. The molecule has 5 rings (SSSR count). The van der Waals surface area contributed by atoms with Gasteiger partial charge in [-0.15, -0.1) is 0 Å². The van der Waals surface area contributed by atoms with Crippen molar-refractivity contribution in [1.29, 1.82) is 0 Å². The highest BCUT2D eigenvalue weighted by atomic mass is 16.5. The lowest BCUT2D eigenvalue weighted by Gasteiger charge is -2.36. The third-order valence-corrected chi connectivity index (χ3v) is 7.64. The molecule has 1 N–H and O–H groups in total. The van der Waals surface area contributed by atoms with Gasteiger partial charge < -0.3 is 14.5 Å². The standard InChI is InChI=1S/C29H33N3O5/c1-18(2)22-8-3-4-9-24(22)29(36)31-14-6-5-7-20(31)17-37-21-10-11-23-19(15-21)16-32(28(23)35)25-12-13-26(33)30-27(25)34/h3-4,8-11,15,18,20,25H,5-7,12-14,16-17H2,1-2H3,(H,30,33,34). The van der Waals surface area contributed by atoms with Crippen LogP contribution in [0.25, 0.3) is 0 Å². The summed E-state index contributed by atoms with van der Waals surface area (Å²) in [4.78, 5) is 53.8. The number of hydrogen-bond acceptors (Lipinski definition) is 5. The zero-order valence-corrected chi connectivity index (χ0v) is 21.4. The second-order valence-corrected chi connectivity index (χ2v) is 10.4. The molecule has 0 bridgehead atoms. The zero-order chi connectivity index (χ0) is 26.1. The number of imide groups is 1. The fraction of sp³-hybridized carbons (Fsp3) is 0.448. The van der Waals surface area contributed by atoms with E-state index < -0.39 is 11.9 Å². The van der Waals surface area contributed by atoms with Crippen LogP contribution in [0, 0.1) is 0 Å². The van der Waals surface area contributed by atoms with E-state index >= 15 is 0 Å². The van der Waals surface area contributed by atoms with Crippen molar-refractivity contribution in [3.05, 3.63) is 64.7 Å². The van der Waals surface area contributed by atoms with Gasteiger partial charge in [-0.1, -0.05) is 32.0 Å². The predicted molar refractivity (Wildman–Crippen MR) is 137 cm³/mol. The summed E-state index contributed by atoms with van der Waals surface area (Å²) in [6.07, 6.45) is 3.46. The van der Waals surface area contributed by atoms with Gasteiger partial charge in [-0.05, 0) is 67.0 Å². The van der Waals surface area contributed by atoms with E-state index in [9.17, 15) is 19.2 Å². The number of fused-ring (bicyclic) bond motifs is 1. The first-order valence-corrected chi connectivity index (χ1v) is 13.1. The van der Waals surface area contributed by atoms with Crippen molar-refractivity contribution in [2.45, 2.75) is 70.5 Å². The molecule has 4 amide bonds. The molecule has 0 aromatic heterocycles. The van der Waals surface area contributed by atoms with Crippen molar-refractivity contribution < 1.29 is 23.9 Å². The summed E-state index contributed by atoms with van der Waals surface area (Å²) in [6, 6.07) is 12.5. The Hall–Kier alpha value is -3.68. The molecule has 3 aliphatic rings. The highest BCUT2D eigenvalue weighted by Crippen LogP contribution is 2.31. The molecule has 2 aromatic carbocycles. The second-order valence-electron chi connectivity index (χ2n) is 10.4. The van der Waals surface area contributed by atoms with Gasteiger partial charge >= 0.3 is 0 Å². The minimum absolute atomic E-state index is 0.0312. The van der Waals surface area contributed by atoms with Crippen molar-refractivity contribution in [3.8, 4) is 5.75 Å². The minimum atomic E-state index is -0.641. The van der Waals surface area contributed by atoms with Crippen molar-refractivity contribution >= 4 is 23.6 Å². The molecule has 3 heterocycles. The molecule has 0 spiro atoms. The first kappa shape index (κ1) is 25.0. The summed E-state index contributed by atoms with van der Waals surface area (Å²) in [7, 11) is 0. The molecule has 2 atom stereocenters. The average molecular weight is 504 g/mol. The molecule has 0 saturated carbocycles. The van der Waals surface area contributed by atoms with Crippen LogP contribution in [-0.2, 0) is 16.1 Å². The first-order valence-electron chi connectivity index (χ1n) is 13.1. The van der Waals surface area contributed by atoms with Crippen LogP contribution in [0.1, 0.15) is 83.7 Å². The Morgan fingerprint density at radius 2 is 1.89 bits per heavy atom. The van der Waals surface area contributed by atoms with Crippen LogP contribution in [-0.4, -0.2) is 58.7 Å². The van der Waals surface area contributed by atoms with Gasteiger partial charge in [-0.3, -0.25) is 24.5 Å². The molecule has 2 aromatic rings. The van der Waals surface area contributed by atoms with Crippen LogP contribution in [0.15, 0.2) is 42.5 Å². The van der Waals surface area contributed by atoms with Crippen molar-refractivity contribution in [1.82, 2.24) is 15.1 Å². The molecule has 3 aliphatic heterocycles. The van der Waals surface area contributed by atoms with Gasteiger partial charge in [0, 0.05) is 30.6 Å². The molecule has 37 heavy (non-hydrogen) atoms. The molecule has 8 nitrogen and oxygen atoms in total. The SMILES string of the molecule is CC(C)c1ccccc1C(=O)N1CCCCC1COc1ccc2c(c1)CN(C1CCC(=O)NC1=O)C2=O. The Balaban J connectivity index is 1.27. The number of hydrogen-bond donors (Lipinski definition) is 1. The molecule has 2 saturated heterocycles. The average Bonchev–Trinajstić information content (AvgIpc) is 3.22. The molecule has 0 radical (unpaired) electrons. The van der Waals surface area contributed by atoms with Crippen molar-refractivity contribution in [3.63, 3.8) is 0 Å². The predicted octanol–water partition coefficient (Wildman–Crippen LogP) is 3.64. The number of amides is 4. The zero-order valence-electron chi connectivity index (χ0n) is 21.4. The van der Waals surface area contributed by atoms with Gasteiger partial charge in [0.15, 0.2) is 0 Å². The van der Waals surface area contributed by atoms with E-state index in [1.807, 2.05) is 35.2 Å². The Kier molecular flexibility index (Phi) is 7.00. The summed E-state index contributed by atoms with van der Waals surface area (Å²) in [5.41, 5.74) is 3.17. The third kappa shape index (κ3) is 4.97. The molecule has 194 valence electrons. The van der Waals surface area contributed by atoms with Crippen molar-refractivity contribution in [2.24, 2.45) is 0 Å². The summed E-state index contributed by atoms with van der Waals surface area (Å²) in [5, 5.41) is 2.33. The van der Waals surface area contributed by atoms with E-state index in [0.717, 1.165) is 36.0 Å². The third-order valence-electron chi connectivity index (χ3n) is 7.64. The maximum Gasteiger partial charge on any atom is 0.255 e. The molecular weight excluding hydrogens is 470 g/mol. The van der Waals surface area contributed by atoms with Gasteiger partial charge in [-0.25, -0.2) is 0 Å². The molecule has 2 fully saturated rings. The largest absolute Gasteiger partial charge is 0.491 e. The van der Waals surface area contributed by atoms with Gasteiger partial charge in [0.25, 0.3) is 11.8 Å². The van der Waals surface area contributed by atoms with Gasteiger partial charge in [0.05, 0.1) is 6.04 Å². The smallest absolute Gasteiger partial charge is 0.255 e. The number of carbonyl (C=O) groups is 4. The topological polar surface area (TPSA) is 96.0 Å². The number of piperidine rings is 2. The summed E-state index contributed by atoms with van der Waals surface area (Å²) in [6.45, 7) is 5.58. The Bertz CT molecular complexity index is 1240. The number of nitrogens with one attached hydrogen (secondary N) is 1. The van der Waals surface area contributed by atoms with E-state index in [1.165, 1.54) is 4.90 Å². The number of likely N-dealkylation sites (tertiary alicyclic amines) is 1. The highest BCUT2D eigenvalue weighted by Gasteiger charge is 2.39. The van der Waals surface area contributed by atoms with E-state index in [2.05, 4.69) is 19.2 Å². The van der Waals surface area contributed by atoms with E-state index in [-0.39, 0.29) is 36.1 Å². The van der Waals surface area contributed by atoms with Crippen molar-refractivity contribution in [2.75, 3.05) is 13.2 Å². The summed E-state index contributed by atoms with van der Waals surface area (Å²) >= 11 is 0. The van der Waals surface area contributed by atoms with E-state index in [1.54, 1.807) is 12.1 Å². The van der Waals surface area contributed by atoms with E-state index in [0.29, 0.717) is 37.4 Å². The van der Waals surface area contributed by atoms with E-state index in [4.69, 9.17) is 4.74 Å². The highest BCUT2D eigenvalue weighted by molar-refractivity contribution is 6.05. The normalized spacial score (nSPS) is 21.8. The Morgan fingerprint density at radius 3 is 2.68 bits per heavy atom. The fourth-order valence-electron chi connectivity index (χ4n) is 5.62. The quantitative estimate of drug-likeness (QED) is 0.607.